The number of carbonyl (C=O) groups is 1. The van der Waals surface area contributed by atoms with Crippen molar-refractivity contribution < 1.29 is 17.9 Å². The Labute approximate surface area is 105 Å². The highest BCUT2D eigenvalue weighted by molar-refractivity contribution is 7.89. The fourth-order valence-corrected chi connectivity index (χ4v) is 2.88. The smallest absolute Gasteiger partial charge is 0.325 e. The van der Waals surface area contributed by atoms with Gasteiger partial charge in [-0.1, -0.05) is 0 Å². The summed E-state index contributed by atoms with van der Waals surface area (Å²) in [7, 11) is -2.27. The second-order valence-corrected chi connectivity index (χ2v) is 5.65. The molecule has 98 valence electrons. The molecule has 0 spiro atoms. The largest absolute Gasteiger partial charge is 0.468 e. The molecule has 1 aromatic rings. The number of nitrogens with zero attached hydrogens (tertiary/aromatic N) is 2. The first-order chi connectivity index (χ1) is 8.44. The van der Waals surface area contributed by atoms with Crippen LogP contribution in [-0.2, 0) is 19.6 Å². The number of nitrogens with one attached hydrogen (secondary N) is 1. The van der Waals surface area contributed by atoms with Crippen LogP contribution in [0.2, 0.25) is 0 Å². The number of sulfonamides is 1. The van der Waals surface area contributed by atoms with E-state index in [-0.39, 0.29) is 23.9 Å². The summed E-state index contributed by atoms with van der Waals surface area (Å²) in [5.41, 5.74) is 0.735. The van der Waals surface area contributed by atoms with Gasteiger partial charge >= 0.3 is 5.97 Å². The maximum atomic E-state index is 11.8. The molecule has 18 heavy (non-hydrogen) atoms. The monoisotopic (exact) mass is 271 g/mol. The molecule has 8 heteroatoms. The predicted molar refractivity (Wildman–Crippen MR) is 63.5 cm³/mol. The Kier molecular flexibility index (Phi) is 3.22. The van der Waals surface area contributed by atoms with E-state index in [0.717, 1.165) is 5.56 Å². The van der Waals surface area contributed by atoms with Crippen LogP contribution in [0, 0.1) is 6.92 Å². The normalized spacial score (nSPS) is 17.1. The maximum absolute atomic E-state index is 11.8. The zero-order chi connectivity index (χ0) is 13.3. The van der Waals surface area contributed by atoms with Crippen molar-refractivity contribution in [1.29, 1.82) is 0 Å². The number of esters is 1. The molecule has 2 heterocycles. The highest BCUT2D eigenvalue weighted by Crippen LogP contribution is 2.26. The summed E-state index contributed by atoms with van der Waals surface area (Å²) < 4.78 is 30.6. The molecule has 0 atom stereocenters. The molecule has 0 fully saturated rings. The Bertz CT molecular complexity index is 585. The SMILES string of the molecule is COC(=O)CN1CNS(=O)(=O)c2cc(C)cnc21. The maximum Gasteiger partial charge on any atom is 0.325 e. The van der Waals surface area contributed by atoms with Crippen LogP contribution in [0.25, 0.3) is 0 Å². The lowest BCUT2D eigenvalue weighted by Crippen LogP contribution is -2.46. The highest BCUT2D eigenvalue weighted by atomic mass is 32.2. The van der Waals surface area contributed by atoms with Crippen LogP contribution in [0.15, 0.2) is 17.2 Å². The summed E-state index contributed by atoms with van der Waals surface area (Å²) >= 11 is 0. The number of rotatable bonds is 2. The molecule has 1 aliphatic rings. The molecule has 2 rings (SSSR count). The lowest BCUT2D eigenvalue weighted by Gasteiger charge is -2.29. The molecule has 1 aromatic heterocycles. The summed E-state index contributed by atoms with van der Waals surface area (Å²) in [5, 5.41) is 0. The van der Waals surface area contributed by atoms with Crippen LogP contribution in [0.4, 0.5) is 5.82 Å². The van der Waals surface area contributed by atoms with Crippen molar-refractivity contribution in [3.63, 3.8) is 0 Å². The van der Waals surface area contributed by atoms with Gasteiger partial charge in [-0.2, -0.15) is 4.72 Å². The summed E-state index contributed by atoms with van der Waals surface area (Å²) in [6.07, 6.45) is 1.56. The van der Waals surface area contributed by atoms with Crippen LogP contribution in [0.5, 0.6) is 0 Å². The van der Waals surface area contributed by atoms with Crippen molar-refractivity contribution in [3.05, 3.63) is 17.8 Å². The Morgan fingerprint density at radius 2 is 2.33 bits per heavy atom. The molecule has 0 aromatic carbocycles. The van der Waals surface area contributed by atoms with Gasteiger partial charge in [0.25, 0.3) is 0 Å². The van der Waals surface area contributed by atoms with Gasteiger partial charge in [0.2, 0.25) is 10.0 Å². The zero-order valence-electron chi connectivity index (χ0n) is 10.0. The van der Waals surface area contributed by atoms with Crippen molar-refractivity contribution in [1.82, 2.24) is 9.71 Å². The molecule has 7 nitrogen and oxygen atoms in total. The lowest BCUT2D eigenvalue weighted by atomic mass is 10.3. The summed E-state index contributed by atoms with van der Waals surface area (Å²) in [6.45, 7) is 1.70. The van der Waals surface area contributed by atoms with Crippen molar-refractivity contribution in [2.75, 3.05) is 25.2 Å². The number of anilines is 1. The summed E-state index contributed by atoms with van der Waals surface area (Å²) in [5.74, 6) is -0.186. The molecular weight excluding hydrogens is 258 g/mol. The Morgan fingerprint density at radius 1 is 1.61 bits per heavy atom. The fraction of sp³-hybridized carbons (Fsp3) is 0.400. The third kappa shape index (κ3) is 2.29. The van der Waals surface area contributed by atoms with E-state index in [1.807, 2.05) is 0 Å². The van der Waals surface area contributed by atoms with Crippen LogP contribution in [-0.4, -0.2) is 39.7 Å². The van der Waals surface area contributed by atoms with Gasteiger partial charge in [-0.3, -0.25) is 4.79 Å². The van der Waals surface area contributed by atoms with Crippen molar-refractivity contribution in [3.8, 4) is 0 Å². The van der Waals surface area contributed by atoms with Crippen molar-refractivity contribution in [2.45, 2.75) is 11.8 Å². The van der Waals surface area contributed by atoms with Crippen LogP contribution < -0.4 is 9.62 Å². The van der Waals surface area contributed by atoms with Gasteiger partial charge in [0.1, 0.15) is 17.3 Å². The lowest BCUT2D eigenvalue weighted by molar-refractivity contribution is -0.139. The van der Waals surface area contributed by atoms with E-state index in [9.17, 15) is 13.2 Å². The molecule has 0 bridgehead atoms. The number of hydrogen-bond donors (Lipinski definition) is 1. The first-order valence-electron chi connectivity index (χ1n) is 5.22. The van der Waals surface area contributed by atoms with E-state index in [0.29, 0.717) is 0 Å². The summed E-state index contributed by atoms with van der Waals surface area (Å²) in [4.78, 5) is 16.9. The van der Waals surface area contributed by atoms with Gasteiger partial charge in [-0.15, -0.1) is 0 Å². The zero-order valence-corrected chi connectivity index (χ0v) is 10.8. The predicted octanol–water partition coefficient (Wildman–Crippen LogP) is -0.381. The average Bonchev–Trinajstić information content (AvgIpc) is 2.33. The Morgan fingerprint density at radius 3 is 3.00 bits per heavy atom. The van der Waals surface area contributed by atoms with Crippen molar-refractivity contribution in [2.24, 2.45) is 0 Å². The molecular formula is C10H13N3O4S. The number of aryl methyl sites for hydroxylation is 1. The quantitative estimate of drug-likeness (QED) is 0.738. The van der Waals surface area contributed by atoms with Gasteiger partial charge in [0.05, 0.1) is 13.8 Å². The van der Waals surface area contributed by atoms with Crippen molar-refractivity contribution >= 4 is 21.8 Å². The number of fused-ring (bicyclic) bond motifs is 1. The molecule has 0 unspecified atom stereocenters. The minimum atomic E-state index is -3.55. The number of aromatic nitrogens is 1. The Hall–Kier alpha value is -1.67. The van der Waals surface area contributed by atoms with E-state index >= 15 is 0 Å². The van der Waals surface area contributed by atoms with E-state index < -0.39 is 16.0 Å². The van der Waals surface area contributed by atoms with Gasteiger partial charge in [-0.25, -0.2) is 13.4 Å². The average molecular weight is 271 g/mol. The number of pyridine rings is 1. The van der Waals surface area contributed by atoms with Crippen LogP contribution >= 0.6 is 0 Å². The van der Waals surface area contributed by atoms with Crippen LogP contribution in [0.3, 0.4) is 0 Å². The third-order valence-electron chi connectivity index (χ3n) is 2.55. The number of ether oxygens (including phenoxy) is 1. The van der Waals surface area contributed by atoms with Gasteiger partial charge in [0.15, 0.2) is 0 Å². The first kappa shape index (κ1) is 12.8. The fourth-order valence-electron chi connectivity index (χ4n) is 1.64. The van der Waals surface area contributed by atoms with E-state index in [1.54, 1.807) is 13.1 Å². The molecule has 0 aliphatic carbocycles. The molecule has 0 saturated carbocycles. The molecule has 0 saturated heterocycles. The molecule has 1 aliphatic heterocycles. The Balaban J connectivity index is 2.44. The van der Waals surface area contributed by atoms with Gasteiger partial charge < -0.3 is 9.64 Å². The van der Waals surface area contributed by atoms with Gasteiger partial charge in [-0.05, 0) is 18.6 Å². The first-order valence-corrected chi connectivity index (χ1v) is 6.70. The second-order valence-electron chi connectivity index (χ2n) is 3.91. The number of methoxy groups -OCH3 is 1. The molecule has 0 radical (unpaired) electrons. The minimum Gasteiger partial charge on any atom is -0.468 e. The highest BCUT2D eigenvalue weighted by Gasteiger charge is 2.30. The standard InChI is InChI=1S/C10H13N3O4S/c1-7-3-8-10(11-4-7)13(5-9(14)17-2)6-12-18(8,15)16/h3-4,12H,5-6H2,1-2H3. The van der Waals surface area contributed by atoms with Crippen LogP contribution in [0.1, 0.15) is 5.56 Å². The van der Waals surface area contributed by atoms with E-state index in [4.69, 9.17) is 0 Å². The molecule has 1 N–H and O–H groups in total. The second kappa shape index (κ2) is 4.54. The third-order valence-corrected chi connectivity index (χ3v) is 3.94. The number of hydrogen-bond acceptors (Lipinski definition) is 6. The van der Waals surface area contributed by atoms with Gasteiger partial charge in [0, 0.05) is 6.20 Å². The number of carbonyl (C=O) groups excluding carboxylic acids is 1. The topological polar surface area (TPSA) is 88.6 Å². The summed E-state index contributed by atoms with van der Waals surface area (Å²) in [6, 6.07) is 1.52. The van der Waals surface area contributed by atoms with E-state index in [2.05, 4.69) is 14.4 Å². The van der Waals surface area contributed by atoms with E-state index in [1.165, 1.54) is 18.1 Å². The molecule has 0 amide bonds. The minimum absolute atomic E-state index is 0.000490.